The smallest absolute Gasteiger partial charge is 0.183 e. The van der Waals surface area contributed by atoms with Crippen LogP contribution < -0.4 is 4.74 Å². The Morgan fingerprint density at radius 1 is 1.05 bits per heavy atom. The third kappa shape index (κ3) is 3.04. The molecule has 20 heavy (non-hydrogen) atoms. The lowest BCUT2D eigenvalue weighted by Gasteiger charge is -2.41. The first kappa shape index (κ1) is 16.7. The Bertz CT molecular complexity index is 417. The molecule has 0 aliphatic carbocycles. The topological polar surface area (TPSA) is 29.5 Å². The minimum absolute atomic E-state index is 0.217. The molecular weight excluding hydrogens is 250 g/mol. The number of benzene rings is 1. The molecule has 0 atom stereocenters. The van der Waals surface area contributed by atoms with E-state index in [0.29, 0.717) is 0 Å². The molecule has 1 aromatic rings. The highest BCUT2D eigenvalue weighted by Gasteiger charge is 2.39. The molecule has 3 nitrogen and oxygen atoms in total. The minimum atomic E-state index is -0.391. The molecule has 0 bridgehead atoms. The lowest BCUT2D eigenvalue weighted by Crippen LogP contribution is -2.53. The molecule has 3 heteroatoms. The molecule has 0 heterocycles. The molecule has 0 aliphatic heterocycles. The summed E-state index contributed by atoms with van der Waals surface area (Å²) in [5.74, 6) is 0.997. The van der Waals surface area contributed by atoms with Crippen LogP contribution in [0.1, 0.15) is 50.9 Å². The highest BCUT2D eigenvalue weighted by Crippen LogP contribution is 2.29. The van der Waals surface area contributed by atoms with Crippen LogP contribution >= 0.6 is 0 Å². The standard InChI is InChI=1S/C17H27NO2/c1-6-17(7-2,18(8-3)9-4)16(19)14-10-12-15(20-5)13-11-14/h10-13H,6-9H2,1-5H3. The number of ketones is 1. The summed E-state index contributed by atoms with van der Waals surface area (Å²) < 4.78 is 5.16. The molecule has 0 spiro atoms. The van der Waals surface area contributed by atoms with E-state index in [9.17, 15) is 4.79 Å². The van der Waals surface area contributed by atoms with Gasteiger partial charge in [-0.1, -0.05) is 27.7 Å². The number of hydrogen-bond acceptors (Lipinski definition) is 3. The molecule has 0 saturated heterocycles. The summed E-state index contributed by atoms with van der Waals surface area (Å²) >= 11 is 0. The van der Waals surface area contributed by atoms with Crippen LogP contribution in [0.5, 0.6) is 5.75 Å². The van der Waals surface area contributed by atoms with Crippen molar-refractivity contribution < 1.29 is 9.53 Å². The van der Waals surface area contributed by atoms with Gasteiger partial charge in [-0.05, 0) is 50.2 Å². The predicted octanol–water partition coefficient (Wildman–Crippen LogP) is 3.78. The first-order valence-corrected chi connectivity index (χ1v) is 7.53. The monoisotopic (exact) mass is 277 g/mol. The van der Waals surface area contributed by atoms with Crippen LogP contribution in [-0.4, -0.2) is 36.4 Å². The zero-order valence-electron chi connectivity index (χ0n) is 13.4. The quantitative estimate of drug-likeness (QED) is 0.677. The number of carbonyl (C=O) groups excluding carboxylic acids is 1. The number of carbonyl (C=O) groups is 1. The molecule has 0 unspecified atom stereocenters. The summed E-state index contributed by atoms with van der Waals surface area (Å²) in [7, 11) is 1.63. The molecule has 0 radical (unpaired) electrons. The van der Waals surface area contributed by atoms with Gasteiger partial charge in [0.05, 0.1) is 12.6 Å². The van der Waals surface area contributed by atoms with Crippen molar-refractivity contribution in [2.45, 2.75) is 46.1 Å². The van der Waals surface area contributed by atoms with Gasteiger partial charge in [0.1, 0.15) is 5.75 Å². The lowest BCUT2D eigenvalue weighted by atomic mass is 9.82. The van der Waals surface area contributed by atoms with Gasteiger partial charge in [0.15, 0.2) is 5.78 Å². The zero-order chi connectivity index (χ0) is 15.2. The maximum Gasteiger partial charge on any atom is 0.183 e. The van der Waals surface area contributed by atoms with Crippen molar-refractivity contribution in [2.75, 3.05) is 20.2 Å². The van der Waals surface area contributed by atoms with Crippen molar-refractivity contribution in [2.24, 2.45) is 0 Å². The summed E-state index contributed by atoms with van der Waals surface area (Å²) in [5, 5.41) is 0. The Labute approximate surface area is 122 Å². The third-order valence-corrected chi connectivity index (χ3v) is 4.31. The molecule has 0 amide bonds. The second kappa shape index (κ2) is 7.44. The van der Waals surface area contributed by atoms with Crippen LogP contribution in [0.15, 0.2) is 24.3 Å². The van der Waals surface area contributed by atoms with E-state index >= 15 is 0 Å². The first-order valence-electron chi connectivity index (χ1n) is 7.53. The number of ether oxygens (including phenoxy) is 1. The van der Waals surface area contributed by atoms with Gasteiger partial charge in [0.2, 0.25) is 0 Å². The number of Topliss-reactive ketones (excluding diaryl/α,β-unsaturated/α-hetero) is 1. The van der Waals surface area contributed by atoms with Gasteiger partial charge in [-0.25, -0.2) is 0 Å². The van der Waals surface area contributed by atoms with E-state index in [1.54, 1.807) is 7.11 Å². The SMILES string of the molecule is CCN(CC)C(CC)(CC)C(=O)c1ccc(OC)cc1. The van der Waals surface area contributed by atoms with E-state index in [1.165, 1.54) is 0 Å². The summed E-state index contributed by atoms with van der Waals surface area (Å²) in [6, 6.07) is 7.44. The molecule has 1 rings (SSSR count). The maximum absolute atomic E-state index is 13.0. The van der Waals surface area contributed by atoms with E-state index < -0.39 is 5.54 Å². The van der Waals surface area contributed by atoms with Crippen LogP contribution in [0.2, 0.25) is 0 Å². The Morgan fingerprint density at radius 2 is 1.55 bits per heavy atom. The lowest BCUT2D eigenvalue weighted by molar-refractivity contribution is 0.0535. The molecule has 1 aromatic carbocycles. The van der Waals surface area contributed by atoms with E-state index in [2.05, 4.69) is 32.6 Å². The number of hydrogen-bond donors (Lipinski definition) is 0. The largest absolute Gasteiger partial charge is 0.497 e. The fourth-order valence-electron chi connectivity index (χ4n) is 3.00. The van der Waals surface area contributed by atoms with Gasteiger partial charge in [-0.3, -0.25) is 9.69 Å². The average Bonchev–Trinajstić information content (AvgIpc) is 2.52. The normalized spacial score (nSPS) is 11.7. The van der Waals surface area contributed by atoms with Gasteiger partial charge in [-0.15, -0.1) is 0 Å². The summed E-state index contributed by atoms with van der Waals surface area (Å²) in [6.45, 7) is 10.2. The molecule has 112 valence electrons. The van der Waals surface area contributed by atoms with Crippen molar-refractivity contribution >= 4 is 5.78 Å². The Kier molecular flexibility index (Phi) is 6.21. The fraction of sp³-hybridized carbons (Fsp3) is 0.588. The van der Waals surface area contributed by atoms with Gasteiger partial charge >= 0.3 is 0 Å². The van der Waals surface area contributed by atoms with Crippen LogP contribution in [0, 0.1) is 0 Å². The Hall–Kier alpha value is -1.35. The van der Waals surface area contributed by atoms with Crippen LogP contribution in [0.3, 0.4) is 0 Å². The first-order chi connectivity index (χ1) is 9.59. The van der Waals surface area contributed by atoms with E-state index in [4.69, 9.17) is 4.74 Å². The van der Waals surface area contributed by atoms with Crippen molar-refractivity contribution in [3.8, 4) is 5.75 Å². The van der Waals surface area contributed by atoms with Crippen LogP contribution in [0.4, 0.5) is 0 Å². The fourth-order valence-corrected chi connectivity index (χ4v) is 3.00. The highest BCUT2D eigenvalue weighted by molar-refractivity contribution is 6.03. The van der Waals surface area contributed by atoms with Crippen molar-refractivity contribution in [1.82, 2.24) is 4.90 Å². The highest BCUT2D eigenvalue weighted by atomic mass is 16.5. The number of rotatable bonds is 8. The summed E-state index contributed by atoms with van der Waals surface area (Å²) in [5.41, 5.74) is 0.374. The summed E-state index contributed by atoms with van der Waals surface area (Å²) in [4.78, 5) is 15.3. The Balaban J connectivity index is 3.15. The number of likely N-dealkylation sites (N-methyl/N-ethyl adjacent to an activating group) is 1. The predicted molar refractivity (Wildman–Crippen MR) is 83.6 cm³/mol. The average molecular weight is 277 g/mol. The van der Waals surface area contributed by atoms with Crippen LogP contribution in [0.25, 0.3) is 0 Å². The van der Waals surface area contributed by atoms with Gasteiger partial charge in [-0.2, -0.15) is 0 Å². The number of nitrogens with zero attached hydrogens (tertiary/aromatic N) is 1. The maximum atomic E-state index is 13.0. The van der Waals surface area contributed by atoms with Crippen molar-refractivity contribution in [1.29, 1.82) is 0 Å². The second-order valence-electron chi connectivity index (χ2n) is 4.97. The van der Waals surface area contributed by atoms with Crippen molar-refractivity contribution in [3.63, 3.8) is 0 Å². The molecule has 0 saturated carbocycles. The second-order valence-corrected chi connectivity index (χ2v) is 4.97. The van der Waals surface area contributed by atoms with Gasteiger partial charge < -0.3 is 4.74 Å². The van der Waals surface area contributed by atoms with Crippen molar-refractivity contribution in [3.05, 3.63) is 29.8 Å². The third-order valence-electron chi connectivity index (χ3n) is 4.31. The number of methoxy groups -OCH3 is 1. The molecule has 0 aromatic heterocycles. The van der Waals surface area contributed by atoms with E-state index in [1.807, 2.05) is 24.3 Å². The molecule has 0 N–H and O–H groups in total. The molecule has 0 fully saturated rings. The summed E-state index contributed by atoms with van der Waals surface area (Å²) in [6.07, 6.45) is 1.66. The minimum Gasteiger partial charge on any atom is -0.497 e. The van der Waals surface area contributed by atoms with Crippen LogP contribution in [-0.2, 0) is 0 Å². The molecule has 0 aliphatic rings. The molecular formula is C17H27NO2. The van der Waals surface area contributed by atoms with Gasteiger partial charge in [0, 0.05) is 5.56 Å². The van der Waals surface area contributed by atoms with E-state index in [-0.39, 0.29) is 5.78 Å². The Morgan fingerprint density at radius 3 is 1.90 bits per heavy atom. The zero-order valence-corrected chi connectivity index (χ0v) is 13.4. The van der Waals surface area contributed by atoms with Gasteiger partial charge in [0.25, 0.3) is 0 Å². The van der Waals surface area contributed by atoms with E-state index in [0.717, 1.165) is 37.2 Å².